The van der Waals surface area contributed by atoms with Crippen molar-refractivity contribution in [3.8, 4) is 11.5 Å². The summed E-state index contributed by atoms with van der Waals surface area (Å²) in [6.45, 7) is 1.65. The molecule has 0 heterocycles. The molecule has 0 atom stereocenters. The Morgan fingerprint density at radius 1 is 1.38 bits per heavy atom. The maximum Gasteiger partial charge on any atom is 0.341 e. The molecule has 5 N–H and O–H groups in total. The van der Waals surface area contributed by atoms with E-state index in [0.29, 0.717) is 17.9 Å². The third-order valence-electron chi connectivity index (χ3n) is 2.08. The molecule has 1 rings (SSSR count). The van der Waals surface area contributed by atoms with Crippen LogP contribution in [0.4, 0.5) is 0 Å². The van der Waals surface area contributed by atoms with Crippen LogP contribution in [0.3, 0.4) is 0 Å². The van der Waals surface area contributed by atoms with E-state index >= 15 is 0 Å². The van der Waals surface area contributed by atoms with Gasteiger partial charge in [-0.15, -0.1) is 5.10 Å². The van der Waals surface area contributed by atoms with Crippen LogP contribution in [-0.2, 0) is 4.79 Å². The van der Waals surface area contributed by atoms with Gasteiger partial charge in [0.2, 0.25) is 5.96 Å². The van der Waals surface area contributed by atoms with Crippen LogP contribution in [0, 0.1) is 0 Å². The molecule has 21 heavy (non-hydrogen) atoms. The van der Waals surface area contributed by atoms with Crippen LogP contribution >= 0.6 is 11.6 Å². The molecule has 1 aromatic carbocycles. The Labute approximate surface area is 126 Å². The first-order valence-electron chi connectivity index (χ1n) is 5.87. The largest absolute Gasteiger partial charge is 0.490 e. The van der Waals surface area contributed by atoms with Crippen LogP contribution in [0.25, 0.3) is 0 Å². The molecule has 0 spiro atoms. The molecule has 0 aliphatic heterocycles. The van der Waals surface area contributed by atoms with Crippen molar-refractivity contribution in [1.29, 1.82) is 0 Å². The lowest BCUT2D eigenvalue weighted by atomic mass is 10.2. The maximum atomic E-state index is 10.5. The van der Waals surface area contributed by atoms with Crippen molar-refractivity contribution < 1.29 is 19.4 Å². The molecule has 9 heteroatoms. The number of carboxylic acid groups (broad SMARTS) is 1. The summed E-state index contributed by atoms with van der Waals surface area (Å²) < 4.78 is 10.5. The van der Waals surface area contributed by atoms with Crippen molar-refractivity contribution in [2.75, 3.05) is 13.2 Å². The molecule has 0 bridgehead atoms. The highest BCUT2D eigenvalue weighted by Crippen LogP contribution is 2.33. The van der Waals surface area contributed by atoms with E-state index in [1.54, 1.807) is 13.0 Å². The van der Waals surface area contributed by atoms with Crippen molar-refractivity contribution in [2.45, 2.75) is 6.92 Å². The zero-order valence-electron chi connectivity index (χ0n) is 11.2. The van der Waals surface area contributed by atoms with Crippen molar-refractivity contribution in [3.63, 3.8) is 0 Å². The number of hydrogen-bond donors (Lipinski definition) is 3. The van der Waals surface area contributed by atoms with Gasteiger partial charge < -0.3 is 26.0 Å². The highest BCUT2D eigenvalue weighted by atomic mass is 35.5. The average molecular weight is 315 g/mol. The maximum absolute atomic E-state index is 10.5. The van der Waals surface area contributed by atoms with Gasteiger partial charge in [0.25, 0.3) is 0 Å². The Morgan fingerprint density at radius 3 is 2.62 bits per heavy atom. The SMILES string of the molecule is CCOc1cc(C=NN=C(N)N)c(Cl)cc1OCC(=O)O. The van der Waals surface area contributed by atoms with Gasteiger partial charge in [-0.2, -0.15) is 5.10 Å². The number of rotatable bonds is 7. The summed E-state index contributed by atoms with van der Waals surface area (Å²) in [5.41, 5.74) is 10.8. The summed E-state index contributed by atoms with van der Waals surface area (Å²) in [7, 11) is 0. The van der Waals surface area contributed by atoms with E-state index in [1.807, 2.05) is 0 Å². The van der Waals surface area contributed by atoms with E-state index in [2.05, 4.69) is 10.2 Å². The minimum absolute atomic E-state index is 0.186. The smallest absolute Gasteiger partial charge is 0.341 e. The molecule has 0 fully saturated rings. The van der Waals surface area contributed by atoms with Crippen LogP contribution in [0.2, 0.25) is 5.02 Å². The van der Waals surface area contributed by atoms with E-state index in [4.69, 9.17) is 37.6 Å². The summed E-state index contributed by atoms with van der Waals surface area (Å²) >= 11 is 6.05. The number of hydrogen-bond acceptors (Lipinski definition) is 5. The number of halogens is 1. The Bertz CT molecular complexity index is 571. The number of guanidine groups is 1. The second kappa shape index (κ2) is 7.95. The normalized spacial score (nSPS) is 10.4. The van der Waals surface area contributed by atoms with Crippen LogP contribution < -0.4 is 20.9 Å². The number of benzene rings is 1. The number of carbonyl (C=O) groups is 1. The monoisotopic (exact) mass is 314 g/mol. The van der Waals surface area contributed by atoms with Gasteiger partial charge in [-0.05, 0) is 13.0 Å². The van der Waals surface area contributed by atoms with Gasteiger partial charge in [-0.1, -0.05) is 11.6 Å². The van der Waals surface area contributed by atoms with Gasteiger partial charge in [0.15, 0.2) is 18.1 Å². The molecular formula is C12H15ClN4O4. The van der Waals surface area contributed by atoms with E-state index in [9.17, 15) is 4.79 Å². The lowest BCUT2D eigenvalue weighted by Crippen LogP contribution is -2.21. The first kappa shape index (κ1) is 16.6. The third kappa shape index (κ3) is 5.57. The van der Waals surface area contributed by atoms with E-state index in [1.165, 1.54) is 12.3 Å². The van der Waals surface area contributed by atoms with E-state index in [0.717, 1.165) is 0 Å². The summed E-state index contributed by atoms with van der Waals surface area (Å²) in [6, 6.07) is 2.99. The van der Waals surface area contributed by atoms with Gasteiger partial charge in [0.05, 0.1) is 17.8 Å². The molecule has 0 unspecified atom stereocenters. The quantitative estimate of drug-likeness (QED) is 0.387. The minimum atomic E-state index is -1.10. The molecule has 0 saturated heterocycles. The van der Waals surface area contributed by atoms with Crippen molar-refractivity contribution >= 4 is 29.7 Å². The summed E-state index contributed by atoms with van der Waals surface area (Å²) in [5, 5.41) is 16.0. The summed E-state index contributed by atoms with van der Waals surface area (Å²) in [5.74, 6) is -0.724. The molecule has 0 radical (unpaired) electrons. The van der Waals surface area contributed by atoms with Gasteiger partial charge >= 0.3 is 5.97 Å². The van der Waals surface area contributed by atoms with Crippen molar-refractivity contribution in [2.24, 2.45) is 21.7 Å². The number of carboxylic acids is 1. The second-order valence-corrected chi connectivity index (χ2v) is 4.11. The van der Waals surface area contributed by atoms with Crippen LogP contribution in [0.1, 0.15) is 12.5 Å². The first-order valence-corrected chi connectivity index (χ1v) is 6.24. The predicted molar refractivity (Wildman–Crippen MR) is 79.2 cm³/mol. The van der Waals surface area contributed by atoms with E-state index < -0.39 is 12.6 Å². The highest BCUT2D eigenvalue weighted by Gasteiger charge is 2.11. The van der Waals surface area contributed by atoms with Crippen LogP contribution in [0.15, 0.2) is 22.3 Å². The fourth-order valence-electron chi connectivity index (χ4n) is 1.33. The zero-order chi connectivity index (χ0) is 15.8. The first-order chi connectivity index (χ1) is 9.93. The molecule has 0 aliphatic rings. The third-order valence-corrected chi connectivity index (χ3v) is 2.41. The summed E-state index contributed by atoms with van der Waals surface area (Å²) in [6.07, 6.45) is 1.34. The fraction of sp³-hybridized carbons (Fsp3) is 0.250. The lowest BCUT2D eigenvalue weighted by Gasteiger charge is -2.12. The van der Waals surface area contributed by atoms with Crippen LogP contribution in [0.5, 0.6) is 11.5 Å². The topological polar surface area (TPSA) is 133 Å². The molecule has 1 aromatic rings. The number of nitrogens with two attached hydrogens (primary N) is 2. The average Bonchev–Trinajstić information content (AvgIpc) is 2.40. The second-order valence-electron chi connectivity index (χ2n) is 3.71. The Morgan fingerprint density at radius 2 is 2.05 bits per heavy atom. The lowest BCUT2D eigenvalue weighted by molar-refractivity contribution is -0.139. The van der Waals surface area contributed by atoms with Gasteiger partial charge in [-0.25, -0.2) is 4.79 Å². The van der Waals surface area contributed by atoms with Gasteiger partial charge in [0, 0.05) is 11.6 Å². The molecule has 0 aromatic heterocycles. The number of nitrogens with zero attached hydrogens (tertiary/aromatic N) is 2. The predicted octanol–water partition coefficient (Wildman–Crippen LogP) is 0.809. The van der Waals surface area contributed by atoms with Gasteiger partial charge in [-0.3, -0.25) is 0 Å². The molecule has 8 nitrogen and oxygen atoms in total. The van der Waals surface area contributed by atoms with Gasteiger partial charge in [0.1, 0.15) is 0 Å². The number of ether oxygens (including phenoxy) is 2. The highest BCUT2D eigenvalue weighted by molar-refractivity contribution is 6.33. The summed E-state index contributed by atoms with van der Waals surface area (Å²) in [4.78, 5) is 10.5. The van der Waals surface area contributed by atoms with E-state index in [-0.39, 0.29) is 16.7 Å². The molecule has 0 aliphatic carbocycles. The zero-order valence-corrected chi connectivity index (χ0v) is 12.0. The molecule has 0 amide bonds. The Balaban J connectivity index is 3.07. The number of aliphatic carboxylic acids is 1. The van der Waals surface area contributed by atoms with Crippen molar-refractivity contribution in [1.82, 2.24) is 0 Å². The Hall–Kier alpha value is -2.48. The molecular weight excluding hydrogens is 300 g/mol. The van der Waals surface area contributed by atoms with Crippen LogP contribution in [-0.4, -0.2) is 36.5 Å². The standard InChI is InChI=1S/C12H15ClN4O4/c1-2-20-9-3-7(5-16-17-12(14)15)8(13)4-10(9)21-6-11(18)19/h3-5H,2,6H2,1H3,(H,18,19)(H4,14,15,17). The fourth-order valence-corrected chi connectivity index (χ4v) is 1.53. The minimum Gasteiger partial charge on any atom is -0.490 e. The Kier molecular flexibility index (Phi) is 6.28. The molecule has 114 valence electrons. The molecule has 0 saturated carbocycles. The van der Waals surface area contributed by atoms with Crippen molar-refractivity contribution in [3.05, 3.63) is 22.7 Å².